The fourth-order valence-corrected chi connectivity index (χ4v) is 3.68. The molecule has 0 atom stereocenters. The van der Waals surface area contributed by atoms with Crippen LogP contribution in [0.4, 0.5) is 0 Å². The highest BCUT2D eigenvalue weighted by atomic mass is 32.2. The minimum atomic E-state index is -3.25. The Morgan fingerprint density at radius 1 is 1.40 bits per heavy atom. The zero-order valence-corrected chi connectivity index (χ0v) is 8.75. The number of carboxylic acid groups (broad SMARTS) is 1. The molecule has 1 heterocycles. The molecule has 1 aliphatic rings. The molecule has 0 amide bonds. The summed E-state index contributed by atoms with van der Waals surface area (Å²) in [5.41, 5.74) is 1.14. The molecule has 5 heteroatoms. The van der Waals surface area contributed by atoms with Crippen molar-refractivity contribution < 1.29 is 18.3 Å². The number of aryl methyl sites for hydroxylation is 1. The number of hydrogen-bond acceptors (Lipinski definition) is 3. The van der Waals surface area contributed by atoms with Gasteiger partial charge in [0.1, 0.15) is 0 Å². The Balaban J connectivity index is 2.59. The lowest BCUT2D eigenvalue weighted by atomic mass is 10.1. The molecule has 1 aliphatic heterocycles. The van der Waals surface area contributed by atoms with Crippen molar-refractivity contribution in [1.29, 1.82) is 0 Å². The average Bonchev–Trinajstić information content (AvgIpc) is 2.43. The van der Waals surface area contributed by atoms with Crippen LogP contribution in [-0.2, 0) is 27.5 Å². The van der Waals surface area contributed by atoms with Gasteiger partial charge in [-0.15, -0.1) is 0 Å². The van der Waals surface area contributed by atoms with Crippen molar-refractivity contribution in [2.75, 3.05) is 5.75 Å². The predicted molar refractivity (Wildman–Crippen MR) is 53.5 cm³/mol. The molecule has 1 aromatic rings. The minimum absolute atomic E-state index is 0.0962. The highest BCUT2D eigenvalue weighted by Gasteiger charge is 2.29. The number of carboxylic acids is 1. The topological polar surface area (TPSA) is 71.4 Å². The van der Waals surface area contributed by atoms with Crippen LogP contribution >= 0.6 is 0 Å². The summed E-state index contributed by atoms with van der Waals surface area (Å²) < 4.78 is 23.3. The van der Waals surface area contributed by atoms with Crippen LogP contribution in [-0.4, -0.2) is 25.2 Å². The third kappa shape index (κ3) is 1.74. The summed E-state index contributed by atoms with van der Waals surface area (Å²) in [5, 5.41) is 8.67. The van der Waals surface area contributed by atoms with Crippen LogP contribution in [0, 0.1) is 0 Å². The van der Waals surface area contributed by atoms with E-state index in [-0.39, 0.29) is 17.1 Å². The number of sulfone groups is 1. The van der Waals surface area contributed by atoms with Crippen LogP contribution in [0.2, 0.25) is 0 Å². The minimum Gasteiger partial charge on any atom is -0.481 e. The van der Waals surface area contributed by atoms with Crippen molar-refractivity contribution in [2.24, 2.45) is 0 Å². The summed E-state index contributed by atoms with van der Waals surface area (Å²) in [4.78, 5) is 10.8. The molecule has 0 unspecified atom stereocenters. The van der Waals surface area contributed by atoms with Crippen molar-refractivity contribution in [3.05, 3.63) is 29.3 Å². The fourth-order valence-electron chi connectivity index (χ4n) is 1.88. The lowest BCUT2D eigenvalue weighted by Gasteiger charge is -2.04. The van der Waals surface area contributed by atoms with E-state index < -0.39 is 15.8 Å². The van der Waals surface area contributed by atoms with Gasteiger partial charge in [0.05, 0.1) is 17.1 Å². The number of hydrogen-bond donors (Lipinski definition) is 1. The number of rotatable bonds is 2. The predicted octanol–water partition coefficient (Wildman–Crippen LogP) is 0.644. The normalized spacial score (nSPS) is 17.3. The van der Waals surface area contributed by atoms with E-state index in [0.29, 0.717) is 12.0 Å². The van der Waals surface area contributed by atoms with E-state index in [0.717, 1.165) is 5.56 Å². The highest BCUT2D eigenvalue weighted by Crippen LogP contribution is 2.29. The first-order valence-electron chi connectivity index (χ1n) is 4.56. The van der Waals surface area contributed by atoms with E-state index >= 15 is 0 Å². The van der Waals surface area contributed by atoms with E-state index in [2.05, 4.69) is 0 Å². The van der Waals surface area contributed by atoms with Gasteiger partial charge in [0.15, 0.2) is 9.84 Å². The van der Waals surface area contributed by atoms with Crippen molar-refractivity contribution in [3.63, 3.8) is 0 Å². The van der Waals surface area contributed by atoms with Gasteiger partial charge < -0.3 is 5.11 Å². The largest absolute Gasteiger partial charge is 0.481 e. The summed E-state index contributed by atoms with van der Waals surface area (Å²) in [7, 11) is -3.25. The standard InChI is InChI=1S/C10H10O4S/c11-9(12)6-8-3-1-2-7-4-5-15(13,14)10(7)8/h1-3H,4-6H2,(H,11,12). The zero-order valence-electron chi connectivity index (χ0n) is 7.93. The molecule has 0 bridgehead atoms. The van der Waals surface area contributed by atoms with Gasteiger partial charge in [0.25, 0.3) is 0 Å². The van der Waals surface area contributed by atoms with E-state index in [1.54, 1.807) is 18.2 Å². The Labute approximate surface area is 87.5 Å². The maximum Gasteiger partial charge on any atom is 0.307 e. The Morgan fingerprint density at radius 2 is 2.13 bits per heavy atom. The van der Waals surface area contributed by atoms with Crippen LogP contribution in [0.3, 0.4) is 0 Å². The lowest BCUT2D eigenvalue weighted by molar-refractivity contribution is -0.136. The lowest BCUT2D eigenvalue weighted by Crippen LogP contribution is -2.07. The summed E-state index contributed by atoms with van der Waals surface area (Å²) >= 11 is 0. The van der Waals surface area contributed by atoms with Crippen LogP contribution in [0.5, 0.6) is 0 Å². The van der Waals surface area contributed by atoms with Crippen LogP contribution in [0.25, 0.3) is 0 Å². The number of carbonyl (C=O) groups is 1. The fraction of sp³-hybridized carbons (Fsp3) is 0.300. The van der Waals surface area contributed by atoms with E-state index in [9.17, 15) is 13.2 Å². The molecule has 1 N–H and O–H groups in total. The first-order valence-corrected chi connectivity index (χ1v) is 6.21. The quantitative estimate of drug-likeness (QED) is 0.803. The first kappa shape index (κ1) is 10.2. The molecular weight excluding hydrogens is 216 g/mol. The number of fused-ring (bicyclic) bond motifs is 1. The third-order valence-corrected chi connectivity index (χ3v) is 4.36. The molecule has 0 saturated carbocycles. The Hall–Kier alpha value is -1.36. The maximum atomic E-state index is 11.7. The molecule has 1 aromatic carbocycles. The summed E-state index contributed by atoms with van der Waals surface area (Å²) in [6.07, 6.45) is 0.257. The Morgan fingerprint density at radius 3 is 2.80 bits per heavy atom. The van der Waals surface area contributed by atoms with Gasteiger partial charge in [-0.05, 0) is 17.5 Å². The zero-order chi connectivity index (χ0) is 11.1. The third-order valence-electron chi connectivity index (χ3n) is 2.47. The molecule has 15 heavy (non-hydrogen) atoms. The van der Waals surface area contributed by atoms with Crippen molar-refractivity contribution in [1.82, 2.24) is 0 Å². The smallest absolute Gasteiger partial charge is 0.307 e. The monoisotopic (exact) mass is 226 g/mol. The maximum absolute atomic E-state index is 11.7. The first-order chi connectivity index (χ1) is 7.00. The highest BCUT2D eigenvalue weighted by molar-refractivity contribution is 7.91. The van der Waals surface area contributed by atoms with E-state index in [4.69, 9.17) is 5.11 Å². The molecule has 0 saturated heterocycles. The second kappa shape index (κ2) is 3.34. The molecule has 0 aliphatic carbocycles. The van der Waals surface area contributed by atoms with Gasteiger partial charge in [-0.3, -0.25) is 4.79 Å². The average molecular weight is 226 g/mol. The molecule has 0 aromatic heterocycles. The van der Waals surface area contributed by atoms with Gasteiger partial charge in [-0.1, -0.05) is 18.2 Å². The van der Waals surface area contributed by atoms with Crippen LogP contribution < -0.4 is 0 Å². The van der Waals surface area contributed by atoms with Crippen molar-refractivity contribution in [3.8, 4) is 0 Å². The number of benzene rings is 1. The molecule has 80 valence electrons. The Bertz CT molecular complexity index is 516. The molecule has 0 spiro atoms. The number of aliphatic carboxylic acids is 1. The van der Waals surface area contributed by atoms with E-state index in [1.165, 1.54) is 0 Å². The van der Waals surface area contributed by atoms with Gasteiger partial charge in [-0.2, -0.15) is 0 Å². The van der Waals surface area contributed by atoms with E-state index in [1.807, 2.05) is 0 Å². The van der Waals surface area contributed by atoms with Crippen molar-refractivity contribution >= 4 is 15.8 Å². The van der Waals surface area contributed by atoms with Gasteiger partial charge in [-0.25, -0.2) is 8.42 Å². The molecule has 4 nitrogen and oxygen atoms in total. The van der Waals surface area contributed by atoms with Crippen molar-refractivity contribution in [2.45, 2.75) is 17.7 Å². The SMILES string of the molecule is O=C(O)Cc1cccc2c1S(=O)(=O)CC2. The second-order valence-electron chi connectivity index (χ2n) is 3.54. The molecule has 0 radical (unpaired) electrons. The summed E-state index contributed by atoms with van der Waals surface area (Å²) in [6.45, 7) is 0. The Kier molecular flexibility index (Phi) is 2.26. The van der Waals surface area contributed by atoms with Gasteiger partial charge in [0.2, 0.25) is 0 Å². The molecule has 2 rings (SSSR count). The molecular formula is C10H10O4S. The van der Waals surface area contributed by atoms with Crippen LogP contribution in [0.15, 0.2) is 23.1 Å². The summed E-state index contributed by atoms with van der Waals surface area (Å²) in [6, 6.07) is 5.01. The van der Waals surface area contributed by atoms with Gasteiger partial charge >= 0.3 is 5.97 Å². The van der Waals surface area contributed by atoms with Crippen LogP contribution in [0.1, 0.15) is 11.1 Å². The summed E-state index contributed by atoms with van der Waals surface area (Å²) in [5.74, 6) is -0.913. The second-order valence-corrected chi connectivity index (χ2v) is 5.59. The van der Waals surface area contributed by atoms with Gasteiger partial charge in [0, 0.05) is 0 Å². The molecule has 0 fully saturated rings.